The molecule has 0 spiro atoms. The highest BCUT2D eigenvalue weighted by atomic mass is 79.9. The summed E-state index contributed by atoms with van der Waals surface area (Å²) in [4.78, 5) is 11.4. The van der Waals surface area contributed by atoms with E-state index in [2.05, 4.69) is 15.9 Å². The van der Waals surface area contributed by atoms with Gasteiger partial charge in [0.25, 0.3) is 6.43 Å². The van der Waals surface area contributed by atoms with E-state index in [1.165, 1.54) is 18.2 Å². The minimum Gasteiger partial charge on any atom is -0.294 e. The van der Waals surface area contributed by atoms with E-state index in [1.807, 2.05) is 0 Å². The van der Waals surface area contributed by atoms with Gasteiger partial charge in [-0.05, 0) is 6.07 Å². The molecule has 0 N–H and O–H groups in total. The first-order valence-corrected chi connectivity index (χ1v) is 5.55. The number of carbonyl (C=O) groups excluding carboxylic acids is 1. The topological polar surface area (TPSA) is 17.1 Å². The highest BCUT2D eigenvalue weighted by Gasteiger charge is 2.13. The Balaban J connectivity index is 2.96. The SMILES string of the molecule is O=C(CCCl)c1ccc(C(F)F)c(Br)c1. The first kappa shape index (κ1) is 12.6. The van der Waals surface area contributed by atoms with Crippen molar-refractivity contribution in [2.45, 2.75) is 12.8 Å². The van der Waals surface area contributed by atoms with E-state index in [0.717, 1.165) is 0 Å². The molecule has 1 nitrogen and oxygen atoms in total. The zero-order valence-electron chi connectivity index (χ0n) is 7.64. The normalized spacial score (nSPS) is 10.7. The molecule has 1 rings (SSSR count). The Morgan fingerprint density at radius 1 is 1.47 bits per heavy atom. The van der Waals surface area contributed by atoms with E-state index in [-0.39, 0.29) is 28.1 Å². The smallest absolute Gasteiger partial charge is 0.264 e. The number of Topliss-reactive ketones (excluding diaryl/α,β-unsaturated/α-hetero) is 1. The minimum atomic E-state index is -2.54. The van der Waals surface area contributed by atoms with Gasteiger partial charge in [0.2, 0.25) is 0 Å². The first-order valence-electron chi connectivity index (χ1n) is 4.23. The van der Waals surface area contributed by atoms with Crippen molar-refractivity contribution in [1.29, 1.82) is 0 Å². The molecule has 0 aromatic heterocycles. The van der Waals surface area contributed by atoms with Crippen LogP contribution in [0.25, 0.3) is 0 Å². The summed E-state index contributed by atoms with van der Waals surface area (Å²) in [6.45, 7) is 0. The van der Waals surface area contributed by atoms with Crippen LogP contribution < -0.4 is 0 Å². The highest BCUT2D eigenvalue weighted by Crippen LogP contribution is 2.28. The molecule has 0 aliphatic carbocycles. The molecule has 15 heavy (non-hydrogen) atoms. The Labute approximate surface area is 99.6 Å². The molecule has 0 radical (unpaired) electrons. The fourth-order valence-electron chi connectivity index (χ4n) is 1.11. The molecular formula is C10H8BrClF2O. The standard InChI is InChI=1S/C10H8BrClF2O/c11-8-5-6(9(15)3-4-12)1-2-7(8)10(13)14/h1-2,5,10H,3-4H2. The van der Waals surface area contributed by atoms with E-state index in [1.54, 1.807) is 0 Å². The van der Waals surface area contributed by atoms with E-state index in [9.17, 15) is 13.6 Å². The summed E-state index contributed by atoms with van der Waals surface area (Å²) in [6.07, 6.45) is -2.33. The Kier molecular flexibility index (Phi) is 4.67. The number of ketones is 1. The molecule has 0 amide bonds. The summed E-state index contributed by atoms with van der Waals surface area (Å²) >= 11 is 8.42. The number of halogens is 4. The maximum absolute atomic E-state index is 12.4. The summed E-state index contributed by atoms with van der Waals surface area (Å²) in [5, 5.41) is 0. The quantitative estimate of drug-likeness (QED) is 0.601. The van der Waals surface area contributed by atoms with Crippen molar-refractivity contribution >= 4 is 33.3 Å². The second-order valence-corrected chi connectivity index (χ2v) is 4.13. The van der Waals surface area contributed by atoms with Gasteiger partial charge in [0.05, 0.1) is 0 Å². The van der Waals surface area contributed by atoms with Gasteiger partial charge >= 0.3 is 0 Å². The van der Waals surface area contributed by atoms with Gasteiger partial charge in [0, 0.05) is 27.9 Å². The van der Waals surface area contributed by atoms with E-state index in [0.29, 0.717) is 5.56 Å². The molecular weight excluding hydrogens is 289 g/mol. The summed E-state index contributed by atoms with van der Waals surface area (Å²) < 4.78 is 25.0. The molecule has 82 valence electrons. The van der Waals surface area contributed by atoms with Gasteiger partial charge in [0.15, 0.2) is 5.78 Å². The van der Waals surface area contributed by atoms with Gasteiger partial charge in [-0.1, -0.05) is 28.1 Å². The van der Waals surface area contributed by atoms with Crippen LogP contribution in [0, 0.1) is 0 Å². The van der Waals surface area contributed by atoms with Crippen LogP contribution in [0.1, 0.15) is 28.8 Å². The molecule has 0 saturated carbocycles. The Hall–Kier alpha value is -0.480. The van der Waals surface area contributed by atoms with Crippen molar-refractivity contribution in [2.75, 3.05) is 5.88 Å². The summed E-state index contributed by atoms with van der Waals surface area (Å²) in [7, 11) is 0. The average Bonchev–Trinajstić information content (AvgIpc) is 2.17. The third kappa shape index (κ3) is 3.24. The lowest BCUT2D eigenvalue weighted by molar-refractivity contribution is 0.0988. The number of benzene rings is 1. The fourth-order valence-corrected chi connectivity index (χ4v) is 1.83. The van der Waals surface area contributed by atoms with Crippen molar-refractivity contribution in [3.63, 3.8) is 0 Å². The predicted octanol–water partition coefficient (Wildman–Crippen LogP) is 4.20. The summed E-state index contributed by atoms with van der Waals surface area (Å²) in [5.74, 6) is 0.0825. The maximum atomic E-state index is 12.4. The van der Waals surface area contributed by atoms with Gasteiger partial charge in [-0.15, -0.1) is 11.6 Å². The monoisotopic (exact) mass is 296 g/mol. The number of alkyl halides is 3. The molecule has 1 aromatic carbocycles. The first-order chi connectivity index (χ1) is 7.06. The summed E-state index contributed by atoms with van der Waals surface area (Å²) in [6, 6.07) is 4.04. The van der Waals surface area contributed by atoms with Gasteiger partial charge < -0.3 is 0 Å². The zero-order valence-corrected chi connectivity index (χ0v) is 9.99. The third-order valence-corrected chi connectivity index (χ3v) is 2.75. The average molecular weight is 298 g/mol. The Bertz CT molecular complexity index is 368. The third-order valence-electron chi connectivity index (χ3n) is 1.88. The lowest BCUT2D eigenvalue weighted by atomic mass is 10.1. The van der Waals surface area contributed by atoms with E-state index < -0.39 is 6.43 Å². The molecule has 0 unspecified atom stereocenters. The van der Waals surface area contributed by atoms with E-state index in [4.69, 9.17) is 11.6 Å². The van der Waals surface area contributed by atoms with Gasteiger partial charge in [-0.25, -0.2) is 8.78 Å². The van der Waals surface area contributed by atoms with Crippen LogP contribution in [-0.4, -0.2) is 11.7 Å². The minimum absolute atomic E-state index is 0.113. The number of hydrogen-bond donors (Lipinski definition) is 0. The Morgan fingerprint density at radius 3 is 2.60 bits per heavy atom. The number of carbonyl (C=O) groups is 1. The second kappa shape index (κ2) is 5.56. The molecule has 0 aliphatic rings. The lowest BCUT2D eigenvalue weighted by Crippen LogP contribution is -2.00. The van der Waals surface area contributed by atoms with Gasteiger partial charge in [0.1, 0.15) is 0 Å². The molecule has 0 heterocycles. The van der Waals surface area contributed by atoms with Crippen molar-refractivity contribution in [2.24, 2.45) is 0 Å². The lowest BCUT2D eigenvalue weighted by Gasteiger charge is -2.05. The van der Waals surface area contributed by atoms with Crippen LogP contribution in [0.2, 0.25) is 0 Å². The van der Waals surface area contributed by atoms with Crippen LogP contribution in [0.5, 0.6) is 0 Å². The zero-order chi connectivity index (χ0) is 11.4. The molecule has 0 saturated heterocycles. The second-order valence-electron chi connectivity index (χ2n) is 2.90. The van der Waals surface area contributed by atoms with Crippen LogP contribution in [0.3, 0.4) is 0 Å². The van der Waals surface area contributed by atoms with Crippen molar-refractivity contribution in [1.82, 2.24) is 0 Å². The van der Waals surface area contributed by atoms with Gasteiger partial charge in [-0.3, -0.25) is 4.79 Å². The molecule has 1 aromatic rings. The molecule has 0 fully saturated rings. The van der Waals surface area contributed by atoms with E-state index >= 15 is 0 Å². The molecule has 0 aliphatic heterocycles. The Morgan fingerprint density at radius 2 is 2.13 bits per heavy atom. The predicted molar refractivity (Wildman–Crippen MR) is 58.8 cm³/mol. The molecule has 0 atom stereocenters. The number of rotatable bonds is 4. The van der Waals surface area contributed by atoms with Crippen LogP contribution in [0.15, 0.2) is 22.7 Å². The largest absolute Gasteiger partial charge is 0.294 e. The maximum Gasteiger partial charge on any atom is 0.264 e. The molecule has 0 bridgehead atoms. The summed E-state index contributed by atoms with van der Waals surface area (Å²) in [5.41, 5.74) is 0.282. The van der Waals surface area contributed by atoms with Crippen LogP contribution >= 0.6 is 27.5 Å². The van der Waals surface area contributed by atoms with Crippen molar-refractivity contribution in [3.05, 3.63) is 33.8 Å². The van der Waals surface area contributed by atoms with Crippen LogP contribution in [0.4, 0.5) is 8.78 Å². The van der Waals surface area contributed by atoms with Crippen molar-refractivity contribution in [3.8, 4) is 0 Å². The van der Waals surface area contributed by atoms with Crippen LogP contribution in [-0.2, 0) is 0 Å². The number of hydrogen-bond acceptors (Lipinski definition) is 1. The fraction of sp³-hybridized carbons (Fsp3) is 0.300. The van der Waals surface area contributed by atoms with Gasteiger partial charge in [-0.2, -0.15) is 0 Å². The molecule has 5 heteroatoms. The highest BCUT2D eigenvalue weighted by molar-refractivity contribution is 9.10. The van der Waals surface area contributed by atoms with Crippen molar-refractivity contribution < 1.29 is 13.6 Å².